The molecule has 2 aromatic rings. The van der Waals surface area contributed by atoms with Gasteiger partial charge in [0.05, 0.1) is 6.54 Å². The molecule has 0 spiro atoms. The van der Waals surface area contributed by atoms with Crippen LogP contribution in [-0.2, 0) is 22.7 Å². The highest BCUT2D eigenvalue weighted by Gasteiger charge is 2.14. The van der Waals surface area contributed by atoms with Gasteiger partial charge in [0.1, 0.15) is 5.82 Å². The normalized spacial score (nSPS) is 10.2. The second-order valence-electron chi connectivity index (χ2n) is 5.13. The van der Waals surface area contributed by atoms with Gasteiger partial charge in [0, 0.05) is 32.4 Å². The summed E-state index contributed by atoms with van der Waals surface area (Å²) < 4.78 is 12.8. The number of aromatic nitrogens is 1. The highest BCUT2D eigenvalue weighted by Crippen LogP contribution is 2.04. The molecule has 120 valence electrons. The molecule has 0 unspecified atom stereocenters. The Hall–Kier alpha value is -2.76. The smallest absolute Gasteiger partial charge is 0.239 e. The number of pyridine rings is 1. The number of rotatable bonds is 6. The van der Waals surface area contributed by atoms with Gasteiger partial charge in [0.25, 0.3) is 0 Å². The van der Waals surface area contributed by atoms with Gasteiger partial charge in [-0.3, -0.25) is 14.6 Å². The largest absolute Gasteiger partial charge is 0.350 e. The maximum atomic E-state index is 12.8. The van der Waals surface area contributed by atoms with Crippen LogP contribution in [0, 0.1) is 5.82 Å². The average Bonchev–Trinajstić information content (AvgIpc) is 2.54. The lowest BCUT2D eigenvalue weighted by Crippen LogP contribution is -2.39. The van der Waals surface area contributed by atoms with E-state index in [1.165, 1.54) is 24.0 Å². The van der Waals surface area contributed by atoms with Gasteiger partial charge in [-0.1, -0.05) is 12.1 Å². The summed E-state index contributed by atoms with van der Waals surface area (Å²) >= 11 is 0. The van der Waals surface area contributed by atoms with E-state index in [-0.39, 0.29) is 24.2 Å². The van der Waals surface area contributed by atoms with E-state index in [0.717, 1.165) is 11.1 Å². The Morgan fingerprint density at radius 3 is 2.35 bits per heavy atom. The first-order valence-corrected chi connectivity index (χ1v) is 7.20. The third-order valence-corrected chi connectivity index (χ3v) is 3.31. The summed E-state index contributed by atoms with van der Waals surface area (Å²) in [5.74, 6) is -0.766. The van der Waals surface area contributed by atoms with Crippen molar-refractivity contribution in [3.8, 4) is 0 Å². The van der Waals surface area contributed by atoms with Crippen molar-refractivity contribution in [2.75, 3.05) is 6.54 Å². The van der Waals surface area contributed by atoms with Crippen LogP contribution in [0.4, 0.5) is 4.39 Å². The Kier molecular flexibility index (Phi) is 5.80. The van der Waals surface area contributed by atoms with E-state index in [1.807, 2.05) is 0 Å². The van der Waals surface area contributed by atoms with Crippen molar-refractivity contribution in [1.29, 1.82) is 0 Å². The van der Waals surface area contributed by atoms with E-state index in [9.17, 15) is 14.0 Å². The Bertz CT molecular complexity index is 659. The molecule has 0 bridgehead atoms. The Labute approximate surface area is 134 Å². The summed E-state index contributed by atoms with van der Waals surface area (Å²) in [4.78, 5) is 29.1. The fourth-order valence-corrected chi connectivity index (χ4v) is 2.02. The second-order valence-corrected chi connectivity index (χ2v) is 5.13. The minimum atomic E-state index is -0.319. The molecule has 0 saturated carbocycles. The molecule has 23 heavy (non-hydrogen) atoms. The SMILES string of the molecule is CC(=O)N(CC(=O)NCc1ccc(F)cc1)Cc1ccncc1. The molecule has 0 aliphatic rings. The van der Waals surface area contributed by atoms with Gasteiger partial charge in [-0.25, -0.2) is 4.39 Å². The quantitative estimate of drug-likeness (QED) is 0.885. The summed E-state index contributed by atoms with van der Waals surface area (Å²) in [5, 5.41) is 2.72. The molecule has 0 aliphatic carbocycles. The Morgan fingerprint density at radius 2 is 1.74 bits per heavy atom. The fraction of sp³-hybridized carbons (Fsp3) is 0.235. The van der Waals surface area contributed by atoms with E-state index in [4.69, 9.17) is 0 Å². The number of carbonyl (C=O) groups is 2. The summed E-state index contributed by atoms with van der Waals surface area (Å²) in [6.45, 7) is 2.04. The first kappa shape index (κ1) is 16.6. The lowest BCUT2D eigenvalue weighted by atomic mass is 10.2. The first-order chi connectivity index (χ1) is 11.0. The van der Waals surface area contributed by atoms with Crippen molar-refractivity contribution in [3.05, 3.63) is 65.7 Å². The van der Waals surface area contributed by atoms with E-state index in [0.29, 0.717) is 13.1 Å². The number of amides is 2. The van der Waals surface area contributed by atoms with Gasteiger partial charge >= 0.3 is 0 Å². The molecule has 0 fully saturated rings. The number of nitrogens with zero attached hydrogens (tertiary/aromatic N) is 2. The minimum Gasteiger partial charge on any atom is -0.350 e. The van der Waals surface area contributed by atoms with Gasteiger partial charge in [-0.2, -0.15) is 0 Å². The Balaban J connectivity index is 1.88. The molecule has 1 aromatic carbocycles. The van der Waals surface area contributed by atoms with Crippen LogP contribution in [0.1, 0.15) is 18.1 Å². The van der Waals surface area contributed by atoms with Crippen LogP contribution < -0.4 is 5.32 Å². The molecular formula is C17H18FN3O2. The molecule has 6 heteroatoms. The molecule has 0 aliphatic heterocycles. The maximum Gasteiger partial charge on any atom is 0.239 e. The van der Waals surface area contributed by atoms with Gasteiger partial charge < -0.3 is 10.2 Å². The van der Waals surface area contributed by atoms with E-state index in [2.05, 4.69) is 10.3 Å². The van der Waals surface area contributed by atoms with Crippen molar-refractivity contribution in [3.63, 3.8) is 0 Å². The molecule has 2 amide bonds. The standard InChI is InChI=1S/C17H18FN3O2/c1-13(22)21(11-15-6-8-19-9-7-15)12-17(23)20-10-14-2-4-16(18)5-3-14/h2-9H,10-12H2,1H3,(H,20,23). The van der Waals surface area contributed by atoms with Crippen molar-refractivity contribution in [2.24, 2.45) is 0 Å². The van der Waals surface area contributed by atoms with Gasteiger partial charge in [0.2, 0.25) is 11.8 Å². The average molecular weight is 315 g/mol. The number of benzene rings is 1. The first-order valence-electron chi connectivity index (χ1n) is 7.20. The van der Waals surface area contributed by atoms with E-state index in [1.54, 1.807) is 36.7 Å². The number of carbonyl (C=O) groups excluding carboxylic acids is 2. The zero-order chi connectivity index (χ0) is 16.7. The minimum absolute atomic E-state index is 0.0289. The third-order valence-electron chi connectivity index (χ3n) is 3.31. The zero-order valence-electron chi connectivity index (χ0n) is 12.8. The number of halogens is 1. The van der Waals surface area contributed by atoms with Crippen molar-refractivity contribution < 1.29 is 14.0 Å². The number of nitrogens with one attached hydrogen (secondary N) is 1. The molecule has 0 radical (unpaired) electrons. The maximum absolute atomic E-state index is 12.8. The summed E-state index contributed by atoms with van der Waals surface area (Å²) in [6, 6.07) is 9.49. The molecule has 0 atom stereocenters. The zero-order valence-corrected chi connectivity index (χ0v) is 12.8. The third kappa shape index (κ3) is 5.50. The lowest BCUT2D eigenvalue weighted by molar-refractivity contribution is -0.135. The molecule has 1 heterocycles. The van der Waals surface area contributed by atoms with Crippen LogP contribution in [0.3, 0.4) is 0 Å². The summed E-state index contributed by atoms with van der Waals surface area (Å²) in [7, 11) is 0. The van der Waals surface area contributed by atoms with Crippen LogP contribution in [0.25, 0.3) is 0 Å². The van der Waals surface area contributed by atoms with Crippen molar-refractivity contribution >= 4 is 11.8 Å². The summed E-state index contributed by atoms with van der Waals surface area (Å²) in [5.41, 5.74) is 1.70. The highest BCUT2D eigenvalue weighted by molar-refractivity contribution is 5.83. The van der Waals surface area contributed by atoms with Crippen LogP contribution in [0.5, 0.6) is 0 Å². The van der Waals surface area contributed by atoms with Crippen LogP contribution >= 0.6 is 0 Å². The molecular weight excluding hydrogens is 297 g/mol. The van der Waals surface area contributed by atoms with Crippen LogP contribution in [0.15, 0.2) is 48.8 Å². The summed E-state index contributed by atoms with van der Waals surface area (Å²) in [6.07, 6.45) is 3.28. The van der Waals surface area contributed by atoms with E-state index >= 15 is 0 Å². The molecule has 1 N–H and O–H groups in total. The van der Waals surface area contributed by atoms with Crippen molar-refractivity contribution in [1.82, 2.24) is 15.2 Å². The number of hydrogen-bond donors (Lipinski definition) is 1. The van der Waals surface area contributed by atoms with Gasteiger partial charge in [0.15, 0.2) is 0 Å². The molecule has 2 rings (SSSR count). The second kappa shape index (κ2) is 8.03. The topological polar surface area (TPSA) is 62.3 Å². The number of hydrogen-bond acceptors (Lipinski definition) is 3. The molecule has 5 nitrogen and oxygen atoms in total. The fourth-order valence-electron chi connectivity index (χ4n) is 2.02. The van der Waals surface area contributed by atoms with Gasteiger partial charge in [-0.15, -0.1) is 0 Å². The highest BCUT2D eigenvalue weighted by atomic mass is 19.1. The van der Waals surface area contributed by atoms with Gasteiger partial charge in [-0.05, 0) is 35.4 Å². The predicted molar refractivity (Wildman–Crippen MR) is 83.6 cm³/mol. The van der Waals surface area contributed by atoms with E-state index < -0.39 is 0 Å². The predicted octanol–water partition coefficient (Wildman–Crippen LogP) is 1.89. The van der Waals surface area contributed by atoms with Crippen LogP contribution in [-0.4, -0.2) is 28.2 Å². The molecule has 1 aromatic heterocycles. The van der Waals surface area contributed by atoms with Crippen molar-refractivity contribution in [2.45, 2.75) is 20.0 Å². The lowest BCUT2D eigenvalue weighted by Gasteiger charge is -2.20. The molecule has 0 saturated heterocycles. The monoisotopic (exact) mass is 315 g/mol. The Morgan fingerprint density at radius 1 is 1.09 bits per heavy atom. The van der Waals surface area contributed by atoms with Crippen LogP contribution in [0.2, 0.25) is 0 Å².